The Kier molecular flexibility index (Phi) is 6.04. The average molecular weight is 408 g/mol. The normalized spacial score (nSPS) is 16.9. The maximum absolute atomic E-state index is 12.9. The molecule has 2 aliphatic rings. The van der Waals surface area contributed by atoms with Crippen molar-refractivity contribution in [2.75, 3.05) is 38.2 Å². The highest BCUT2D eigenvalue weighted by Gasteiger charge is 2.26. The molecule has 2 aromatic rings. The Balaban J connectivity index is 1.48. The first-order chi connectivity index (χ1) is 14.6. The van der Waals surface area contributed by atoms with E-state index < -0.39 is 0 Å². The summed E-state index contributed by atoms with van der Waals surface area (Å²) in [6, 6.07) is 13.8. The lowest BCUT2D eigenvalue weighted by Crippen LogP contribution is -2.36. The summed E-state index contributed by atoms with van der Waals surface area (Å²) in [6.07, 6.45) is 3.16. The van der Waals surface area contributed by atoms with Crippen LogP contribution in [-0.4, -0.2) is 50.0 Å². The van der Waals surface area contributed by atoms with Gasteiger partial charge in [0.25, 0.3) is 5.91 Å². The van der Waals surface area contributed by atoms with Gasteiger partial charge in [-0.15, -0.1) is 0 Å². The van der Waals surface area contributed by atoms with E-state index in [4.69, 9.17) is 4.74 Å². The van der Waals surface area contributed by atoms with Crippen molar-refractivity contribution in [3.63, 3.8) is 0 Å². The molecule has 1 atom stereocenters. The number of ether oxygens (including phenoxy) is 1. The molecule has 4 rings (SSSR count). The zero-order valence-electron chi connectivity index (χ0n) is 17.7. The summed E-state index contributed by atoms with van der Waals surface area (Å²) >= 11 is 0. The largest absolute Gasteiger partial charge is 0.497 e. The second-order valence-corrected chi connectivity index (χ2v) is 8.01. The van der Waals surface area contributed by atoms with Gasteiger partial charge in [-0.1, -0.05) is 12.1 Å². The van der Waals surface area contributed by atoms with Gasteiger partial charge in [0, 0.05) is 31.3 Å². The van der Waals surface area contributed by atoms with Crippen molar-refractivity contribution in [2.24, 2.45) is 0 Å². The third kappa shape index (κ3) is 4.19. The van der Waals surface area contributed by atoms with Gasteiger partial charge in [0.05, 0.1) is 13.2 Å². The van der Waals surface area contributed by atoms with Gasteiger partial charge in [-0.2, -0.15) is 0 Å². The molecule has 0 aromatic heterocycles. The number of likely N-dealkylation sites (tertiary alicyclic amines) is 1. The van der Waals surface area contributed by atoms with Gasteiger partial charge in [-0.3, -0.25) is 14.5 Å². The van der Waals surface area contributed by atoms with Gasteiger partial charge in [-0.25, -0.2) is 0 Å². The van der Waals surface area contributed by atoms with E-state index in [0.717, 1.165) is 42.1 Å². The van der Waals surface area contributed by atoms with Gasteiger partial charge in [0.2, 0.25) is 5.91 Å². The predicted molar refractivity (Wildman–Crippen MR) is 117 cm³/mol. The molecule has 6 heteroatoms. The van der Waals surface area contributed by atoms with Gasteiger partial charge < -0.3 is 15.0 Å². The minimum absolute atomic E-state index is 0.0395. The lowest BCUT2D eigenvalue weighted by molar-refractivity contribution is -0.116. The van der Waals surface area contributed by atoms with Crippen LogP contribution in [0.1, 0.15) is 47.3 Å². The van der Waals surface area contributed by atoms with Crippen LogP contribution in [0.25, 0.3) is 0 Å². The molecule has 1 fully saturated rings. The highest BCUT2D eigenvalue weighted by atomic mass is 16.5. The molecule has 2 heterocycles. The third-order valence-electron chi connectivity index (χ3n) is 6.13. The Morgan fingerprint density at radius 3 is 2.63 bits per heavy atom. The number of nitrogens with zero attached hydrogens (tertiary/aromatic N) is 2. The summed E-state index contributed by atoms with van der Waals surface area (Å²) in [7, 11) is 1.67. The van der Waals surface area contributed by atoms with Gasteiger partial charge in [0.1, 0.15) is 5.75 Å². The summed E-state index contributed by atoms with van der Waals surface area (Å²) < 4.78 is 5.40. The van der Waals surface area contributed by atoms with Crippen molar-refractivity contribution in [1.29, 1.82) is 0 Å². The number of benzene rings is 2. The van der Waals surface area contributed by atoms with Crippen LogP contribution >= 0.6 is 0 Å². The highest BCUT2D eigenvalue weighted by Crippen LogP contribution is 2.30. The minimum Gasteiger partial charge on any atom is -0.497 e. The van der Waals surface area contributed by atoms with E-state index in [1.54, 1.807) is 18.9 Å². The van der Waals surface area contributed by atoms with Crippen LogP contribution in [-0.2, 0) is 11.2 Å². The van der Waals surface area contributed by atoms with Gasteiger partial charge in [-0.05, 0) is 73.8 Å². The first-order valence-corrected chi connectivity index (χ1v) is 10.6. The van der Waals surface area contributed by atoms with Crippen molar-refractivity contribution in [2.45, 2.75) is 32.2 Å². The number of nitrogens with one attached hydrogen (secondary N) is 1. The Hall–Kier alpha value is -2.86. The maximum Gasteiger partial charge on any atom is 0.251 e. The van der Waals surface area contributed by atoms with E-state index >= 15 is 0 Å². The Bertz CT molecular complexity index is 937. The highest BCUT2D eigenvalue weighted by molar-refractivity contribution is 5.97. The van der Waals surface area contributed by atoms with Crippen LogP contribution in [0.4, 0.5) is 5.69 Å². The number of rotatable bonds is 6. The lowest BCUT2D eigenvalue weighted by Gasteiger charge is -2.28. The van der Waals surface area contributed by atoms with Crippen molar-refractivity contribution < 1.29 is 14.3 Å². The van der Waals surface area contributed by atoms with Crippen LogP contribution < -0.4 is 15.0 Å². The number of carbonyl (C=O) groups is 2. The number of hydrogen-bond acceptors (Lipinski definition) is 4. The van der Waals surface area contributed by atoms with Gasteiger partial charge >= 0.3 is 0 Å². The Morgan fingerprint density at radius 2 is 1.90 bits per heavy atom. The number of fused-ring (bicyclic) bond motifs is 1. The monoisotopic (exact) mass is 407 g/mol. The summed E-state index contributed by atoms with van der Waals surface area (Å²) in [5.41, 5.74) is 3.78. The fraction of sp³-hybridized carbons (Fsp3) is 0.417. The average Bonchev–Trinajstić information content (AvgIpc) is 3.43. The summed E-state index contributed by atoms with van der Waals surface area (Å²) in [4.78, 5) is 28.8. The zero-order chi connectivity index (χ0) is 21.1. The molecular formula is C24H29N3O3. The predicted octanol–water partition coefficient (Wildman–Crippen LogP) is 3.17. The van der Waals surface area contributed by atoms with E-state index in [1.807, 2.05) is 30.3 Å². The number of amides is 2. The molecule has 30 heavy (non-hydrogen) atoms. The fourth-order valence-electron chi connectivity index (χ4n) is 4.52. The molecule has 158 valence electrons. The van der Waals surface area contributed by atoms with Crippen molar-refractivity contribution in [1.82, 2.24) is 10.2 Å². The van der Waals surface area contributed by atoms with Gasteiger partial charge in [0.15, 0.2) is 0 Å². The Labute approximate surface area is 177 Å². The van der Waals surface area contributed by atoms with E-state index in [0.29, 0.717) is 18.7 Å². The zero-order valence-corrected chi connectivity index (χ0v) is 17.7. The number of anilines is 1. The maximum atomic E-state index is 12.9. The lowest BCUT2D eigenvalue weighted by atomic mass is 10.0. The SMILES string of the molecule is COc1cccc([C@@H](CNC(=O)c2ccc3c(c2)CCN3C(C)=O)N2CCCC2)c1. The summed E-state index contributed by atoms with van der Waals surface area (Å²) in [6.45, 7) is 4.88. The van der Waals surface area contributed by atoms with Crippen molar-refractivity contribution in [3.8, 4) is 5.75 Å². The number of hydrogen-bond donors (Lipinski definition) is 1. The molecule has 1 saturated heterocycles. The molecule has 1 N–H and O–H groups in total. The molecule has 0 unspecified atom stereocenters. The molecule has 0 bridgehead atoms. The molecule has 6 nitrogen and oxygen atoms in total. The van der Waals surface area contributed by atoms with Crippen LogP contribution in [0, 0.1) is 0 Å². The summed E-state index contributed by atoms with van der Waals surface area (Å²) in [5, 5.41) is 3.14. The third-order valence-corrected chi connectivity index (χ3v) is 6.13. The van der Waals surface area contributed by atoms with Crippen LogP contribution in [0.15, 0.2) is 42.5 Å². The standard InChI is InChI=1S/C24H29N3O3/c1-17(28)27-13-10-19-14-20(8-9-22(19)27)24(29)25-16-23(26-11-3-4-12-26)18-6-5-7-21(15-18)30-2/h5-9,14-15,23H,3-4,10-13,16H2,1-2H3,(H,25,29)/t23-/m1/s1. The number of carbonyl (C=O) groups excluding carboxylic acids is 2. The quantitative estimate of drug-likeness (QED) is 0.799. The van der Waals surface area contributed by atoms with E-state index in [9.17, 15) is 9.59 Å². The molecule has 0 saturated carbocycles. The molecular weight excluding hydrogens is 378 g/mol. The second-order valence-electron chi connectivity index (χ2n) is 8.01. The minimum atomic E-state index is -0.0776. The molecule has 0 radical (unpaired) electrons. The number of methoxy groups -OCH3 is 1. The molecule has 0 spiro atoms. The van der Waals surface area contributed by atoms with Crippen molar-refractivity contribution >= 4 is 17.5 Å². The molecule has 2 amide bonds. The fourth-order valence-corrected chi connectivity index (χ4v) is 4.52. The Morgan fingerprint density at radius 1 is 1.10 bits per heavy atom. The van der Waals surface area contributed by atoms with Crippen LogP contribution in [0.2, 0.25) is 0 Å². The second kappa shape index (κ2) is 8.88. The topological polar surface area (TPSA) is 61.9 Å². The van der Waals surface area contributed by atoms with Crippen LogP contribution in [0.5, 0.6) is 5.75 Å². The molecule has 2 aromatic carbocycles. The first kappa shape index (κ1) is 20.4. The molecule has 0 aliphatic carbocycles. The van der Waals surface area contributed by atoms with Crippen LogP contribution in [0.3, 0.4) is 0 Å². The van der Waals surface area contributed by atoms with E-state index in [-0.39, 0.29) is 17.9 Å². The molecule has 2 aliphatic heterocycles. The smallest absolute Gasteiger partial charge is 0.251 e. The first-order valence-electron chi connectivity index (χ1n) is 10.6. The van der Waals surface area contributed by atoms with Crippen molar-refractivity contribution in [3.05, 3.63) is 59.2 Å². The van der Waals surface area contributed by atoms with E-state index in [2.05, 4.69) is 22.3 Å². The summed E-state index contributed by atoms with van der Waals surface area (Å²) in [5.74, 6) is 0.792. The van der Waals surface area contributed by atoms with E-state index in [1.165, 1.54) is 12.8 Å².